The Kier molecular flexibility index (Phi) is 5.45. The second-order valence-electron chi connectivity index (χ2n) is 6.97. The van der Waals surface area contributed by atoms with Crippen LogP contribution in [0.2, 0.25) is 0 Å². The predicted octanol–water partition coefficient (Wildman–Crippen LogP) is 4.85. The lowest BCUT2D eigenvalue weighted by atomic mass is 10.1. The first-order valence-electron chi connectivity index (χ1n) is 9.57. The van der Waals surface area contributed by atoms with Gasteiger partial charge in [0.2, 0.25) is 5.78 Å². The van der Waals surface area contributed by atoms with Gasteiger partial charge in [0.05, 0.1) is 25.3 Å². The highest BCUT2D eigenvalue weighted by molar-refractivity contribution is 6.14. The molecule has 0 saturated heterocycles. The van der Waals surface area contributed by atoms with Gasteiger partial charge >= 0.3 is 5.97 Å². The number of rotatable bonds is 5. The third-order valence-corrected chi connectivity index (χ3v) is 4.85. The van der Waals surface area contributed by atoms with Crippen LogP contribution >= 0.6 is 0 Å². The molecule has 3 aromatic rings. The Morgan fingerprint density at radius 1 is 0.903 bits per heavy atom. The summed E-state index contributed by atoms with van der Waals surface area (Å²) in [6, 6.07) is 17.2. The zero-order valence-electron chi connectivity index (χ0n) is 17.3. The molecule has 0 atom stereocenters. The quantitative estimate of drug-likeness (QED) is 0.336. The monoisotopic (exact) mass is 416 g/mol. The zero-order chi connectivity index (χ0) is 22.0. The molecule has 6 heteroatoms. The van der Waals surface area contributed by atoms with E-state index in [0.29, 0.717) is 28.4 Å². The maximum Gasteiger partial charge on any atom is 0.343 e. The number of allylic oxidation sites excluding steroid dienone is 1. The third-order valence-electron chi connectivity index (χ3n) is 4.85. The predicted molar refractivity (Wildman–Crippen MR) is 115 cm³/mol. The van der Waals surface area contributed by atoms with Gasteiger partial charge in [0, 0.05) is 6.07 Å². The SMILES string of the molecule is COc1ccc(C(=O)Oc2ccc3c(c2)O/C(=C/c2ccc(C)cc2)C3=O)cc1OC. The number of ketones is 1. The molecule has 6 nitrogen and oxygen atoms in total. The average Bonchev–Trinajstić information content (AvgIpc) is 3.09. The Labute approximate surface area is 179 Å². The molecule has 4 rings (SSSR count). The van der Waals surface area contributed by atoms with Crippen molar-refractivity contribution in [1.82, 2.24) is 0 Å². The summed E-state index contributed by atoms with van der Waals surface area (Å²) >= 11 is 0. The largest absolute Gasteiger partial charge is 0.493 e. The first-order chi connectivity index (χ1) is 15.0. The molecule has 0 spiro atoms. The van der Waals surface area contributed by atoms with E-state index in [-0.39, 0.29) is 17.3 Å². The molecule has 0 N–H and O–H groups in total. The van der Waals surface area contributed by atoms with Crippen LogP contribution in [0, 0.1) is 6.92 Å². The van der Waals surface area contributed by atoms with Crippen molar-refractivity contribution < 1.29 is 28.5 Å². The van der Waals surface area contributed by atoms with Crippen LogP contribution in [0.5, 0.6) is 23.0 Å². The van der Waals surface area contributed by atoms with Crippen LogP contribution in [-0.2, 0) is 0 Å². The van der Waals surface area contributed by atoms with Gasteiger partial charge in [0.25, 0.3) is 0 Å². The van der Waals surface area contributed by atoms with E-state index in [2.05, 4.69) is 0 Å². The number of carbonyl (C=O) groups is 2. The van der Waals surface area contributed by atoms with E-state index in [0.717, 1.165) is 11.1 Å². The highest BCUT2D eigenvalue weighted by Crippen LogP contribution is 2.35. The molecule has 1 aliphatic heterocycles. The molecule has 31 heavy (non-hydrogen) atoms. The molecule has 0 aromatic heterocycles. The van der Waals surface area contributed by atoms with Crippen molar-refractivity contribution in [2.75, 3.05) is 14.2 Å². The Balaban J connectivity index is 1.53. The molecule has 1 aliphatic rings. The molecule has 0 saturated carbocycles. The van der Waals surface area contributed by atoms with Gasteiger partial charge in [-0.2, -0.15) is 0 Å². The van der Waals surface area contributed by atoms with Gasteiger partial charge < -0.3 is 18.9 Å². The molecule has 3 aromatic carbocycles. The van der Waals surface area contributed by atoms with Gasteiger partial charge in [-0.1, -0.05) is 29.8 Å². The number of esters is 1. The van der Waals surface area contributed by atoms with Crippen molar-refractivity contribution in [3.05, 3.63) is 88.7 Å². The summed E-state index contributed by atoms with van der Waals surface area (Å²) < 4.78 is 21.6. The number of hydrogen-bond donors (Lipinski definition) is 0. The van der Waals surface area contributed by atoms with Crippen molar-refractivity contribution in [3.63, 3.8) is 0 Å². The van der Waals surface area contributed by atoms with Crippen LogP contribution in [0.4, 0.5) is 0 Å². The second kappa shape index (κ2) is 8.36. The summed E-state index contributed by atoms with van der Waals surface area (Å²) in [5.41, 5.74) is 2.71. The van der Waals surface area contributed by atoms with Crippen molar-refractivity contribution in [3.8, 4) is 23.0 Å². The first-order valence-corrected chi connectivity index (χ1v) is 9.57. The molecular formula is C25H20O6. The zero-order valence-corrected chi connectivity index (χ0v) is 17.3. The Hall–Kier alpha value is -4.06. The molecule has 0 radical (unpaired) electrons. The van der Waals surface area contributed by atoms with Crippen LogP contribution in [0.1, 0.15) is 31.8 Å². The van der Waals surface area contributed by atoms with Crippen LogP contribution in [0.15, 0.2) is 66.4 Å². The van der Waals surface area contributed by atoms with Crippen LogP contribution in [0.25, 0.3) is 6.08 Å². The Bertz CT molecular complexity index is 1190. The standard InChI is InChI=1S/C25H20O6/c1-15-4-6-16(7-5-15)12-23-24(26)19-10-9-18(14-21(19)31-23)30-25(27)17-8-11-20(28-2)22(13-17)29-3/h4-14H,1-3H3/b23-12+. The fourth-order valence-corrected chi connectivity index (χ4v) is 3.17. The Morgan fingerprint density at radius 2 is 1.65 bits per heavy atom. The summed E-state index contributed by atoms with van der Waals surface area (Å²) in [7, 11) is 3.01. The van der Waals surface area contributed by atoms with Crippen LogP contribution in [0.3, 0.4) is 0 Å². The highest BCUT2D eigenvalue weighted by Gasteiger charge is 2.28. The minimum atomic E-state index is -0.569. The highest BCUT2D eigenvalue weighted by atomic mass is 16.5. The van der Waals surface area contributed by atoms with E-state index in [4.69, 9.17) is 18.9 Å². The van der Waals surface area contributed by atoms with Crippen molar-refractivity contribution in [2.45, 2.75) is 6.92 Å². The minimum Gasteiger partial charge on any atom is -0.493 e. The molecule has 0 unspecified atom stereocenters. The van der Waals surface area contributed by atoms with E-state index < -0.39 is 5.97 Å². The molecule has 156 valence electrons. The third kappa shape index (κ3) is 4.14. The number of ether oxygens (including phenoxy) is 4. The summed E-state index contributed by atoms with van der Waals surface area (Å²) in [4.78, 5) is 25.2. The van der Waals surface area contributed by atoms with Crippen LogP contribution in [-0.4, -0.2) is 26.0 Å². The van der Waals surface area contributed by atoms with Gasteiger partial charge in [-0.25, -0.2) is 4.79 Å². The summed E-state index contributed by atoms with van der Waals surface area (Å²) in [6.07, 6.45) is 1.69. The number of fused-ring (bicyclic) bond motifs is 1. The second-order valence-corrected chi connectivity index (χ2v) is 6.97. The van der Waals surface area contributed by atoms with Gasteiger partial charge in [0.1, 0.15) is 11.5 Å². The minimum absolute atomic E-state index is 0.214. The number of Topliss-reactive ketones (excluding diaryl/α,β-unsaturated/α-hetero) is 1. The van der Waals surface area contributed by atoms with E-state index in [1.54, 1.807) is 30.3 Å². The first kappa shape index (κ1) is 20.2. The molecule has 0 amide bonds. The van der Waals surface area contributed by atoms with E-state index >= 15 is 0 Å². The summed E-state index contributed by atoms with van der Waals surface area (Å²) in [5.74, 6) is 0.988. The number of hydrogen-bond acceptors (Lipinski definition) is 6. The molecule has 0 aliphatic carbocycles. The fourth-order valence-electron chi connectivity index (χ4n) is 3.17. The number of methoxy groups -OCH3 is 2. The number of aryl methyl sites for hydroxylation is 1. The number of benzene rings is 3. The average molecular weight is 416 g/mol. The van der Waals surface area contributed by atoms with E-state index in [9.17, 15) is 9.59 Å². The van der Waals surface area contributed by atoms with Gasteiger partial charge in [-0.15, -0.1) is 0 Å². The summed E-state index contributed by atoms with van der Waals surface area (Å²) in [6.45, 7) is 1.99. The van der Waals surface area contributed by atoms with Crippen molar-refractivity contribution >= 4 is 17.8 Å². The van der Waals surface area contributed by atoms with Gasteiger partial charge in [-0.05, 0) is 48.9 Å². The lowest BCUT2D eigenvalue weighted by Crippen LogP contribution is -2.09. The lowest BCUT2D eigenvalue weighted by Gasteiger charge is -2.10. The lowest BCUT2D eigenvalue weighted by molar-refractivity contribution is 0.0734. The summed E-state index contributed by atoms with van der Waals surface area (Å²) in [5, 5.41) is 0. The molecule has 0 fully saturated rings. The van der Waals surface area contributed by atoms with Crippen molar-refractivity contribution in [1.29, 1.82) is 0 Å². The topological polar surface area (TPSA) is 71.1 Å². The van der Waals surface area contributed by atoms with Gasteiger partial charge in [0.15, 0.2) is 17.3 Å². The number of carbonyl (C=O) groups excluding carboxylic acids is 2. The molecular weight excluding hydrogens is 396 g/mol. The molecule has 0 bridgehead atoms. The smallest absolute Gasteiger partial charge is 0.343 e. The van der Waals surface area contributed by atoms with E-state index in [1.807, 2.05) is 31.2 Å². The molecule has 1 heterocycles. The fraction of sp³-hybridized carbons (Fsp3) is 0.120. The van der Waals surface area contributed by atoms with Crippen LogP contribution < -0.4 is 18.9 Å². The Morgan fingerprint density at radius 3 is 2.35 bits per heavy atom. The maximum atomic E-state index is 12.6. The van der Waals surface area contributed by atoms with Crippen molar-refractivity contribution in [2.24, 2.45) is 0 Å². The normalized spacial score (nSPS) is 13.5. The maximum absolute atomic E-state index is 12.6. The van der Waals surface area contributed by atoms with E-state index in [1.165, 1.54) is 26.4 Å². The van der Waals surface area contributed by atoms with Gasteiger partial charge in [-0.3, -0.25) is 4.79 Å².